The number of halogens is 2. The molecule has 8 heteroatoms. The SMILES string of the molecule is CC(C)(C)OC(=O)NCCNC(=O)Nc1cc(Cl)cc(Cl)c1. The molecule has 0 saturated heterocycles. The standard InChI is InChI=1S/C14H19Cl2N3O3/c1-14(2,3)22-13(21)18-5-4-17-12(20)19-11-7-9(15)6-10(16)8-11/h6-8H,4-5H2,1-3H3,(H,18,21)(H2,17,19,20). The van der Waals surface area contributed by atoms with Gasteiger partial charge in [-0.15, -0.1) is 0 Å². The normalized spacial score (nSPS) is 10.8. The maximum atomic E-state index is 11.7. The average Bonchev–Trinajstić information content (AvgIpc) is 2.31. The van der Waals surface area contributed by atoms with Gasteiger partial charge in [-0.25, -0.2) is 9.59 Å². The number of ether oxygens (including phenoxy) is 1. The predicted octanol–water partition coefficient (Wildman–Crippen LogP) is 3.64. The molecule has 6 nitrogen and oxygen atoms in total. The fourth-order valence-corrected chi connectivity index (χ4v) is 1.98. The van der Waals surface area contributed by atoms with E-state index in [0.29, 0.717) is 15.7 Å². The second kappa shape index (κ2) is 8.10. The average molecular weight is 348 g/mol. The van der Waals surface area contributed by atoms with Crippen LogP contribution in [0.5, 0.6) is 0 Å². The van der Waals surface area contributed by atoms with Crippen molar-refractivity contribution < 1.29 is 14.3 Å². The lowest BCUT2D eigenvalue weighted by atomic mass is 10.2. The van der Waals surface area contributed by atoms with Crippen LogP contribution in [0.1, 0.15) is 20.8 Å². The first-order chi connectivity index (χ1) is 10.2. The summed E-state index contributed by atoms with van der Waals surface area (Å²) in [5.74, 6) is 0. The fraction of sp³-hybridized carbons (Fsp3) is 0.429. The van der Waals surface area contributed by atoms with E-state index >= 15 is 0 Å². The van der Waals surface area contributed by atoms with E-state index in [-0.39, 0.29) is 13.1 Å². The molecule has 0 aliphatic rings. The van der Waals surface area contributed by atoms with E-state index in [1.165, 1.54) is 0 Å². The Morgan fingerprint density at radius 2 is 1.59 bits per heavy atom. The minimum atomic E-state index is -0.555. The molecule has 1 aromatic carbocycles. The molecule has 0 heterocycles. The van der Waals surface area contributed by atoms with Crippen molar-refractivity contribution in [3.05, 3.63) is 28.2 Å². The molecular formula is C14H19Cl2N3O3. The highest BCUT2D eigenvalue weighted by atomic mass is 35.5. The zero-order valence-electron chi connectivity index (χ0n) is 12.6. The summed E-state index contributed by atoms with van der Waals surface area (Å²) in [6.07, 6.45) is -0.531. The molecule has 0 aliphatic carbocycles. The number of alkyl carbamates (subject to hydrolysis) is 1. The van der Waals surface area contributed by atoms with Crippen LogP contribution in [0, 0.1) is 0 Å². The summed E-state index contributed by atoms with van der Waals surface area (Å²) in [7, 11) is 0. The Morgan fingerprint density at radius 3 is 2.14 bits per heavy atom. The largest absolute Gasteiger partial charge is 0.444 e. The number of nitrogens with one attached hydrogen (secondary N) is 3. The molecule has 0 spiro atoms. The second-order valence-corrected chi connectivity index (χ2v) is 6.34. The van der Waals surface area contributed by atoms with Crippen molar-refractivity contribution in [3.8, 4) is 0 Å². The molecule has 22 heavy (non-hydrogen) atoms. The Morgan fingerprint density at radius 1 is 1.05 bits per heavy atom. The van der Waals surface area contributed by atoms with Crippen LogP contribution >= 0.6 is 23.2 Å². The summed E-state index contributed by atoms with van der Waals surface area (Å²) in [5.41, 5.74) is -0.0733. The molecule has 0 saturated carbocycles. The molecule has 3 amide bonds. The van der Waals surface area contributed by atoms with Crippen molar-refractivity contribution in [2.24, 2.45) is 0 Å². The third kappa shape index (κ3) is 7.95. The number of hydrogen-bond donors (Lipinski definition) is 3. The van der Waals surface area contributed by atoms with Crippen LogP contribution in [-0.2, 0) is 4.74 Å². The zero-order chi connectivity index (χ0) is 16.8. The van der Waals surface area contributed by atoms with Gasteiger partial charge in [-0.05, 0) is 39.0 Å². The highest BCUT2D eigenvalue weighted by molar-refractivity contribution is 6.35. The molecule has 0 radical (unpaired) electrons. The van der Waals surface area contributed by atoms with Gasteiger partial charge in [0.05, 0.1) is 0 Å². The number of amides is 3. The molecule has 1 aromatic rings. The van der Waals surface area contributed by atoms with E-state index in [9.17, 15) is 9.59 Å². The van der Waals surface area contributed by atoms with E-state index in [1.807, 2.05) is 0 Å². The molecule has 1 rings (SSSR count). The molecular weight excluding hydrogens is 329 g/mol. The monoisotopic (exact) mass is 347 g/mol. The lowest BCUT2D eigenvalue weighted by Crippen LogP contribution is -2.39. The van der Waals surface area contributed by atoms with Gasteiger partial charge in [0.2, 0.25) is 0 Å². The van der Waals surface area contributed by atoms with Crippen molar-refractivity contribution >= 4 is 41.0 Å². The van der Waals surface area contributed by atoms with E-state index in [4.69, 9.17) is 27.9 Å². The number of anilines is 1. The summed E-state index contributed by atoms with van der Waals surface area (Å²) in [6.45, 7) is 5.81. The van der Waals surface area contributed by atoms with E-state index in [0.717, 1.165) is 0 Å². The van der Waals surface area contributed by atoms with E-state index in [2.05, 4.69) is 16.0 Å². The molecule has 0 fully saturated rings. The summed E-state index contributed by atoms with van der Waals surface area (Å²) in [5, 5.41) is 8.55. The lowest BCUT2D eigenvalue weighted by Gasteiger charge is -2.19. The van der Waals surface area contributed by atoms with Gasteiger partial charge in [-0.1, -0.05) is 23.2 Å². The minimum absolute atomic E-state index is 0.249. The van der Waals surface area contributed by atoms with Gasteiger partial charge < -0.3 is 20.7 Å². The minimum Gasteiger partial charge on any atom is -0.444 e. The fourth-order valence-electron chi connectivity index (χ4n) is 1.46. The highest BCUT2D eigenvalue weighted by Crippen LogP contribution is 2.22. The maximum Gasteiger partial charge on any atom is 0.407 e. The Labute approximate surface area is 139 Å². The first kappa shape index (κ1) is 18.4. The molecule has 122 valence electrons. The molecule has 0 aromatic heterocycles. The van der Waals surface area contributed by atoms with Crippen LogP contribution in [0.25, 0.3) is 0 Å². The summed E-state index contributed by atoms with van der Waals surface area (Å²) >= 11 is 11.7. The van der Waals surface area contributed by atoms with Gasteiger partial charge in [-0.2, -0.15) is 0 Å². The van der Waals surface area contributed by atoms with Gasteiger partial charge in [0, 0.05) is 28.8 Å². The number of urea groups is 1. The third-order valence-corrected chi connectivity index (χ3v) is 2.64. The number of benzene rings is 1. The van der Waals surface area contributed by atoms with Gasteiger partial charge in [0.15, 0.2) is 0 Å². The van der Waals surface area contributed by atoms with E-state index in [1.54, 1.807) is 39.0 Å². The van der Waals surface area contributed by atoms with Crippen molar-refractivity contribution in [1.29, 1.82) is 0 Å². The lowest BCUT2D eigenvalue weighted by molar-refractivity contribution is 0.0528. The molecule has 3 N–H and O–H groups in total. The van der Waals surface area contributed by atoms with Crippen molar-refractivity contribution in [3.63, 3.8) is 0 Å². The number of carbonyl (C=O) groups is 2. The van der Waals surface area contributed by atoms with Crippen LogP contribution in [0.2, 0.25) is 10.0 Å². The quantitative estimate of drug-likeness (QED) is 0.727. The van der Waals surface area contributed by atoms with E-state index < -0.39 is 17.7 Å². The third-order valence-electron chi connectivity index (χ3n) is 2.20. The Bertz CT molecular complexity index is 524. The van der Waals surface area contributed by atoms with Gasteiger partial charge in [-0.3, -0.25) is 0 Å². The van der Waals surface area contributed by atoms with Crippen LogP contribution < -0.4 is 16.0 Å². The van der Waals surface area contributed by atoms with Gasteiger partial charge >= 0.3 is 12.1 Å². The first-order valence-electron chi connectivity index (χ1n) is 6.63. The van der Waals surface area contributed by atoms with Crippen LogP contribution in [0.4, 0.5) is 15.3 Å². The zero-order valence-corrected chi connectivity index (χ0v) is 14.1. The summed E-state index contributed by atoms with van der Waals surface area (Å²) < 4.78 is 5.06. The second-order valence-electron chi connectivity index (χ2n) is 5.47. The predicted molar refractivity (Wildman–Crippen MR) is 87.7 cm³/mol. The topological polar surface area (TPSA) is 79.5 Å². The molecule has 0 aliphatic heterocycles. The Kier molecular flexibility index (Phi) is 6.77. The highest BCUT2D eigenvalue weighted by Gasteiger charge is 2.15. The molecule has 0 bridgehead atoms. The van der Waals surface area contributed by atoms with Crippen LogP contribution in [-0.4, -0.2) is 30.8 Å². The number of carbonyl (C=O) groups excluding carboxylic acids is 2. The van der Waals surface area contributed by atoms with Gasteiger partial charge in [0.1, 0.15) is 5.60 Å². The smallest absolute Gasteiger partial charge is 0.407 e. The maximum absolute atomic E-state index is 11.7. The Hall–Kier alpha value is -1.66. The number of rotatable bonds is 4. The first-order valence-corrected chi connectivity index (χ1v) is 7.39. The van der Waals surface area contributed by atoms with Crippen LogP contribution in [0.15, 0.2) is 18.2 Å². The Balaban J connectivity index is 2.28. The van der Waals surface area contributed by atoms with Gasteiger partial charge in [0.25, 0.3) is 0 Å². The summed E-state index contributed by atoms with van der Waals surface area (Å²) in [4.78, 5) is 23.0. The molecule has 0 atom stereocenters. The van der Waals surface area contributed by atoms with Crippen molar-refractivity contribution in [1.82, 2.24) is 10.6 Å². The van der Waals surface area contributed by atoms with Crippen LogP contribution in [0.3, 0.4) is 0 Å². The molecule has 0 unspecified atom stereocenters. The van der Waals surface area contributed by atoms with Crippen molar-refractivity contribution in [2.45, 2.75) is 26.4 Å². The van der Waals surface area contributed by atoms with Crippen molar-refractivity contribution in [2.75, 3.05) is 18.4 Å². The number of hydrogen-bond acceptors (Lipinski definition) is 3. The summed E-state index contributed by atoms with van der Waals surface area (Å²) in [6, 6.07) is 4.29.